The van der Waals surface area contributed by atoms with Gasteiger partial charge >= 0.3 is 5.82 Å². The molecule has 0 radical (unpaired) electrons. The number of halogens is 1. The quantitative estimate of drug-likeness (QED) is 0.529. The molecular weight excluding hydrogens is 348 g/mol. The molecule has 0 aliphatic rings. The first-order chi connectivity index (χ1) is 9.63. The molecule has 20 heavy (non-hydrogen) atoms. The Kier molecular flexibility index (Phi) is 3.36. The largest absolute Gasteiger partial charge is 0.462 e. The van der Waals surface area contributed by atoms with Crippen LogP contribution in [-0.2, 0) is 6.54 Å². The molecule has 7 nitrogen and oxygen atoms in total. The van der Waals surface area contributed by atoms with Crippen molar-refractivity contribution in [3.8, 4) is 10.8 Å². The zero-order valence-corrected chi connectivity index (χ0v) is 12.3. The van der Waals surface area contributed by atoms with Crippen molar-refractivity contribution in [2.45, 2.75) is 6.54 Å². The lowest BCUT2D eigenvalue weighted by atomic mass is 10.4. The predicted molar refractivity (Wildman–Crippen MR) is 75.5 cm³/mol. The number of furan rings is 1. The van der Waals surface area contributed by atoms with Crippen LogP contribution in [0.3, 0.4) is 0 Å². The topological polar surface area (TPSA) is 87.0 Å². The van der Waals surface area contributed by atoms with Gasteiger partial charge in [-0.25, -0.2) is 4.98 Å². The number of nitrogens with zero attached hydrogens (tertiary/aromatic N) is 4. The summed E-state index contributed by atoms with van der Waals surface area (Å²) in [4.78, 5) is 14.6. The average Bonchev–Trinajstić information content (AvgIpc) is 3.09. The summed E-state index contributed by atoms with van der Waals surface area (Å²) in [7, 11) is 0. The third-order valence-corrected chi connectivity index (χ3v) is 3.94. The summed E-state index contributed by atoms with van der Waals surface area (Å²) in [6.45, 7) is 0.365. The first-order valence-electron chi connectivity index (χ1n) is 5.49. The maximum Gasteiger partial charge on any atom is 0.404 e. The average molecular weight is 355 g/mol. The smallest absolute Gasteiger partial charge is 0.404 e. The van der Waals surface area contributed by atoms with Gasteiger partial charge in [-0.1, -0.05) is 0 Å². The molecular formula is C11H7BrN4O3S. The van der Waals surface area contributed by atoms with Crippen LogP contribution in [0.15, 0.2) is 38.9 Å². The molecule has 0 atom stereocenters. The molecule has 0 saturated carbocycles. The minimum atomic E-state index is -0.532. The molecule has 3 rings (SSSR count). The Balaban J connectivity index is 1.82. The number of thiazole rings is 1. The highest BCUT2D eigenvalue weighted by Crippen LogP contribution is 2.26. The zero-order valence-electron chi connectivity index (χ0n) is 9.89. The SMILES string of the molecule is O=[N+]([O-])c1nn(Cc2csc(-c3ccco3)n2)cc1Br. The molecule has 0 amide bonds. The lowest BCUT2D eigenvalue weighted by Gasteiger charge is -1.91. The van der Waals surface area contributed by atoms with Crippen LogP contribution in [0.2, 0.25) is 0 Å². The van der Waals surface area contributed by atoms with Gasteiger partial charge in [0.15, 0.2) is 10.8 Å². The Morgan fingerprint density at radius 3 is 3.05 bits per heavy atom. The van der Waals surface area contributed by atoms with E-state index in [0.717, 1.165) is 10.7 Å². The molecule has 0 N–H and O–H groups in total. The van der Waals surface area contributed by atoms with Gasteiger partial charge in [-0.15, -0.1) is 11.3 Å². The monoisotopic (exact) mass is 354 g/mol. The normalized spacial score (nSPS) is 10.8. The van der Waals surface area contributed by atoms with Gasteiger partial charge in [0.1, 0.15) is 11.0 Å². The standard InChI is InChI=1S/C11H7BrN4O3S/c12-8-5-15(14-10(8)16(17)18)4-7-6-20-11(13-7)9-2-1-3-19-9/h1-3,5-6H,4H2. The Labute approximate surface area is 125 Å². The summed E-state index contributed by atoms with van der Waals surface area (Å²) in [5, 5.41) is 17.3. The van der Waals surface area contributed by atoms with E-state index in [1.165, 1.54) is 16.0 Å². The third-order valence-electron chi connectivity index (χ3n) is 2.48. The summed E-state index contributed by atoms with van der Waals surface area (Å²) >= 11 is 4.56. The predicted octanol–water partition coefficient (Wildman–Crippen LogP) is 3.32. The highest BCUT2D eigenvalue weighted by Gasteiger charge is 2.19. The molecule has 0 unspecified atom stereocenters. The third kappa shape index (κ3) is 2.49. The van der Waals surface area contributed by atoms with E-state index in [9.17, 15) is 10.1 Å². The van der Waals surface area contributed by atoms with Crippen molar-refractivity contribution >= 4 is 33.1 Å². The van der Waals surface area contributed by atoms with E-state index in [4.69, 9.17) is 4.42 Å². The molecule has 0 aliphatic carbocycles. The van der Waals surface area contributed by atoms with Crippen molar-refractivity contribution in [3.63, 3.8) is 0 Å². The van der Waals surface area contributed by atoms with E-state index in [0.29, 0.717) is 16.8 Å². The highest BCUT2D eigenvalue weighted by atomic mass is 79.9. The molecule has 0 saturated heterocycles. The fourth-order valence-corrected chi connectivity index (χ4v) is 2.89. The van der Waals surface area contributed by atoms with Crippen LogP contribution in [0.25, 0.3) is 10.8 Å². The number of hydrogen-bond donors (Lipinski definition) is 0. The lowest BCUT2D eigenvalue weighted by molar-refractivity contribution is -0.390. The molecule has 0 spiro atoms. The second-order valence-electron chi connectivity index (χ2n) is 3.88. The Morgan fingerprint density at radius 1 is 1.55 bits per heavy atom. The molecule has 0 aliphatic heterocycles. The molecule has 3 heterocycles. The molecule has 3 aromatic heterocycles. The van der Waals surface area contributed by atoms with Gasteiger partial charge in [-0.3, -0.25) is 0 Å². The van der Waals surface area contributed by atoms with E-state index in [-0.39, 0.29) is 5.82 Å². The van der Waals surface area contributed by atoms with Gasteiger partial charge in [0.25, 0.3) is 0 Å². The molecule has 9 heteroatoms. The minimum Gasteiger partial charge on any atom is -0.462 e. The van der Waals surface area contributed by atoms with E-state index < -0.39 is 4.92 Å². The van der Waals surface area contributed by atoms with Crippen LogP contribution < -0.4 is 0 Å². The van der Waals surface area contributed by atoms with Gasteiger partial charge < -0.3 is 14.5 Å². The molecule has 0 fully saturated rings. The fraction of sp³-hybridized carbons (Fsp3) is 0.0909. The Morgan fingerprint density at radius 2 is 2.40 bits per heavy atom. The van der Waals surface area contributed by atoms with E-state index in [1.54, 1.807) is 18.5 Å². The second-order valence-corrected chi connectivity index (χ2v) is 5.59. The van der Waals surface area contributed by atoms with E-state index in [2.05, 4.69) is 26.0 Å². The van der Waals surface area contributed by atoms with Crippen LogP contribution in [0, 0.1) is 10.1 Å². The number of hydrogen-bond acceptors (Lipinski definition) is 6. The summed E-state index contributed by atoms with van der Waals surface area (Å²) in [5.41, 5.74) is 0.770. The van der Waals surface area contributed by atoms with Crippen molar-refractivity contribution in [1.29, 1.82) is 0 Å². The number of nitro groups is 1. The highest BCUT2D eigenvalue weighted by molar-refractivity contribution is 9.10. The van der Waals surface area contributed by atoms with Crippen LogP contribution in [0.5, 0.6) is 0 Å². The van der Waals surface area contributed by atoms with Crippen LogP contribution in [0.4, 0.5) is 5.82 Å². The summed E-state index contributed by atoms with van der Waals surface area (Å²) in [6.07, 6.45) is 3.15. The second kappa shape index (κ2) is 5.17. The molecule has 3 aromatic rings. The summed E-state index contributed by atoms with van der Waals surface area (Å²) in [6, 6.07) is 3.63. The van der Waals surface area contributed by atoms with Crippen molar-refractivity contribution in [2.75, 3.05) is 0 Å². The molecule has 0 bridgehead atoms. The van der Waals surface area contributed by atoms with Crippen molar-refractivity contribution in [3.05, 3.63) is 50.3 Å². The first-order valence-corrected chi connectivity index (χ1v) is 7.16. The van der Waals surface area contributed by atoms with Gasteiger partial charge in [0, 0.05) is 5.38 Å². The van der Waals surface area contributed by atoms with Gasteiger partial charge in [0.05, 0.1) is 23.3 Å². The lowest BCUT2D eigenvalue weighted by Crippen LogP contribution is -2.01. The maximum atomic E-state index is 10.7. The summed E-state index contributed by atoms with van der Waals surface area (Å²) in [5.74, 6) is 0.500. The first kappa shape index (κ1) is 13.0. The van der Waals surface area contributed by atoms with Crippen molar-refractivity contribution in [2.24, 2.45) is 0 Å². The van der Waals surface area contributed by atoms with Gasteiger partial charge in [0.2, 0.25) is 0 Å². The Hall–Kier alpha value is -2.00. The van der Waals surface area contributed by atoms with Crippen molar-refractivity contribution < 1.29 is 9.34 Å². The van der Waals surface area contributed by atoms with Crippen molar-refractivity contribution in [1.82, 2.24) is 14.8 Å². The number of aromatic nitrogens is 3. The minimum absolute atomic E-state index is 0.202. The van der Waals surface area contributed by atoms with E-state index >= 15 is 0 Å². The number of rotatable bonds is 4. The molecule has 102 valence electrons. The van der Waals surface area contributed by atoms with E-state index in [1.807, 2.05) is 11.4 Å². The Bertz CT molecular complexity index is 750. The van der Waals surface area contributed by atoms with Crippen LogP contribution in [0.1, 0.15) is 5.69 Å². The molecule has 0 aromatic carbocycles. The fourth-order valence-electron chi connectivity index (χ4n) is 1.65. The zero-order chi connectivity index (χ0) is 14.1. The summed E-state index contributed by atoms with van der Waals surface area (Å²) < 4.78 is 7.09. The van der Waals surface area contributed by atoms with Gasteiger partial charge in [-0.05, 0) is 33.0 Å². The maximum absolute atomic E-state index is 10.7. The van der Waals surface area contributed by atoms with Gasteiger partial charge in [-0.2, -0.15) is 4.68 Å². The van der Waals surface area contributed by atoms with Crippen LogP contribution >= 0.6 is 27.3 Å². The van der Waals surface area contributed by atoms with Crippen LogP contribution in [-0.4, -0.2) is 19.7 Å².